The molecule has 14 heavy (non-hydrogen) atoms. The fourth-order valence-electron chi connectivity index (χ4n) is 1.46. The maximum atomic E-state index is 5.55. The molecule has 1 aromatic heterocycles. The molecule has 0 unspecified atom stereocenters. The summed E-state index contributed by atoms with van der Waals surface area (Å²) in [6.07, 6.45) is 2.69. The number of nitrogens with zero attached hydrogens (tertiary/aromatic N) is 2. The quantitative estimate of drug-likeness (QED) is 0.848. The summed E-state index contributed by atoms with van der Waals surface area (Å²) in [6, 6.07) is 4.06. The van der Waals surface area contributed by atoms with E-state index in [1.54, 1.807) is 6.20 Å². The Morgan fingerprint density at radius 2 is 2.21 bits per heavy atom. The van der Waals surface area contributed by atoms with Crippen LogP contribution in [0.15, 0.2) is 22.8 Å². The van der Waals surface area contributed by atoms with Crippen molar-refractivity contribution in [2.45, 2.75) is 13.3 Å². The van der Waals surface area contributed by atoms with Crippen molar-refractivity contribution in [3.8, 4) is 0 Å². The Labute approximate surface area is 90.5 Å². The van der Waals surface area contributed by atoms with E-state index in [1.807, 2.05) is 6.07 Å². The summed E-state index contributed by atoms with van der Waals surface area (Å²) in [5, 5.41) is 1.02. The van der Waals surface area contributed by atoms with E-state index < -0.39 is 0 Å². The van der Waals surface area contributed by atoms with Gasteiger partial charge in [0.05, 0.1) is 5.52 Å². The number of aryl methyl sites for hydroxylation is 1. The van der Waals surface area contributed by atoms with Crippen molar-refractivity contribution in [2.24, 2.45) is 0 Å². The molecule has 0 bridgehead atoms. The molecule has 0 saturated heterocycles. The van der Waals surface area contributed by atoms with Gasteiger partial charge in [-0.3, -0.25) is 0 Å². The number of hydrogen-bond acceptors (Lipinski definition) is 3. The molecule has 0 spiro atoms. The SMILES string of the molecule is CCc1cc(Br)cc2cnc(N)nc12. The highest BCUT2D eigenvalue weighted by atomic mass is 79.9. The first-order valence-electron chi connectivity index (χ1n) is 4.41. The number of nitrogens with two attached hydrogens (primary N) is 1. The smallest absolute Gasteiger partial charge is 0.220 e. The molecule has 0 radical (unpaired) electrons. The van der Waals surface area contributed by atoms with Crippen LogP contribution in [0, 0.1) is 0 Å². The first-order chi connectivity index (χ1) is 6.70. The van der Waals surface area contributed by atoms with Gasteiger partial charge >= 0.3 is 0 Å². The lowest BCUT2D eigenvalue weighted by molar-refractivity contribution is 1.13. The summed E-state index contributed by atoms with van der Waals surface area (Å²) >= 11 is 3.46. The van der Waals surface area contributed by atoms with E-state index in [2.05, 4.69) is 38.9 Å². The van der Waals surface area contributed by atoms with Crippen LogP contribution in [-0.2, 0) is 6.42 Å². The normalized spacial score (nSPS) is 10.7. The molecule has 3 nitrogen and oxygen atoms in total. The summed E-state index contributed by atoms with van der Waals surface area (Å²) in [7, 11) is 0. The lowest BCUT2D eigenvalue weighted by Crippen LogP contribution is -1.96. The molecule has 0 aliphatic rings. The molecule has 0 saturated carbocycles. The number of halogens is 1. The molecule has 0 aliphatic carbocycles. The van der Waals surface area contributed by atoms with Crippen LogP contribution in [-0.4, -0.2) is 9.97 Å². The molecule has 0 aliphatic heterocycles. The zero-order valence-electron chi connectivity index (χ0n) is 7.79. The van der Waals surface area contributed by atoms with E-state index >= 15 is 0 Å². The zero-order chi connectivity index (χ0) is 10.1. The van der Waals surface area contributed by atoms with Gasteiger partial charge in [-0.25, -0.2) is 9.97 Å². The summed E-state index contributed by atoms with van der Waals surface area (Å²) in [6.45, 7) is 2.10. The van der Waals surface area contributed by atoms with E-state index in [-0.39, 0.29) is 0 Å². The number of benzene rings is 1. The van der Waals surface area contributed by atoms with Crippen LogP contribution in [0.1, 0.15) is 12.5 Å². The van der Waals surface area contributed by atoms with Crippen LogP contribution in [0.4, 0.5) is 5.95 Å². The van der Waals surface area contributed by atoms with Crippen molar-refractivity contribution in [1.29, 1.82) is 0 Å². The van der Waals surface area contributed by atoms with E-state index in [4.69, 9.17) is 5.73 Å². The van der Waals surface area contributed by atoms with E-state index in [1.165, 1.54) is 5.56 Å². The lowest BCUT2D eigenvalue weighted by Gasteiger charge is -2.04. The Balaban J connectivity index is 2.81. The van der Waals surface area contributed by atoms with Gasteiger partial charge in [0.1, 0.15) is 0 Å². The molecule has 1 aromatic carbocycles. The lowest BCUT2D eigenvalue weighted by atomic mass is 10.1. The number of fused-ring (bicyclic) bond motifs is 1. The summed E-state index contributed by atoms with van der Waals surface area (Å²) in [5.74, 6) is 0.328. The Hall–Kier alpha value is -1.16. The minimum absolute atomic E-state index is 0.328. The summed E-state index contributed by atoms with van der Waals surface area (Å²) < 4.78 is 1.05. The molecule has 2 rings (SSSR count). The monoisotopic (exact) mass is 251 g/mol. The summed E-state index contributed by atoms with van der Waals surface area (Å²) in [5.41, 5.74) is 7.68. The summed E-state index contributed by atoms with van der Waals surface area (Å²) in [4.78, 5) is 8.20. The van der Waals surface area contributed by atoms with Crippen molar-refractivity contribution >= 4 is 32.8 Å². The van der Waals surface area contributed by atoms with E-state index in [0.29, 0.717) is 5.95 Å². The number of aromatic nitrogens is 2. The molecule has 0 amide bonds. The van der Waals surface area contributed by atoms with E-state index in [0.717, 1.165) is 21.8 Å². The third-order valence-corrected chi connectivity index (χ3v) is 2.58. The van der Waals surface area contributed by atoms with Crippen LogP contribution >= 0.6 is 15.9 Å². The van der Waals surface area contributed by atoms with Gasteiger partial charge in [0.25, 0.3) is 0 Å². The average Bonchev–Trinajstić information content (AvgIpc) is 2.17. The topological polar surface area (TPSA) is 51.8 Å². The number of hydrogen-bond donors (Lipinski definition) is 1. The van der Waals surface area contributed by atoms with Gasteiger partial charge in [-0.2, -0.15) is 0 Å². The molecule has 0 fully saturated rings. The molecular formula is C10H10BrN3. The van der Waals surface area contributed by atoms with Crippen molar-refractivity contribution < 1.29 is 0 Å². The van der Waals surface area contributed by atoms with E-state index in [9.17, 15) is 0 Å². The Morgan fingerprint density at radius 1 is 1.43 bits per heavy atom. The minimum Gasteiger partial charge on any atom is -0.368 e. The zero-order valence-corrected chi connectivity index (χ0v) is 9.37. The van der Waals surface area contributed by atoms with Crippen molar-refractivity contribution in [1.82, 2.24) is 9.97 Å². The maximum absolute atomic E-state index is 5.55. The van der Waals surface area contributed by atoms with Gasteiger partial charge in [0, 0.05) is 16.1 Å². The molecule has 1 heterocycles. The van der Waals surface area contributed by atoms with Gasteiger partial charge in [-0.1, -0.05) is 22.9 Å². The third kappa shape index (κ3) is 1.57. The second-order valence-corrected chi connectivity index (χ2v) is 4.00. The first-order valence-corrected chi connectivity index (χ1v) is 5.20. The Kier molecular flexibility index (Phi) is 2.37. The fraction of sp³-hybridized carbons (Fsp3) is 0.200. The standard InChI is InChI=1S/C10H10BrN3/c1-2-6-3-8(11)4-7-5-13-10(12)14-9(6)7/h3-5H,2H2,1H3,(H2,12,13,14). The number of anilines is 1. The first kappa shape index (κ1) is 9.40. The van der Waals surface area contributed by atoms with Crippen molar-refractivity contribution in [3.63, 3.8) is 0 Å². The second kappa shape index (κ2) is 3.53. The van der Waals surface area contributed by atoms with Gasteiger partial charge in [-0.15, -0.1) is 0 Å². The van der Waals surface area contributed by atoms with Crippen LogP contribution in [0.3, 0.4) is 0 Å². The van der Waals surface area contributed by atoms with Crippen LogP contribution in [0.2, 0.25) is 0 Å². The maximum Gasteiger partial charge on any atom is 0.220 e. The predicted molar refractivity (Wildman–Crippen MR) is 61.0 cm³/mol. The highest BCUT2D eigenvalue weighted by molar-refractivity contribution is 9.10. The highest BCUT2D eigenvalue weighted by Gasteiger charge is 2.03. The number of nitrogen functional groups attached to an aromatic ring is 1. The van der Waals surface area contributed by atoms with Gasteiger partial charge < -0.3 is 5.73 Å². The predicted octanol–water partition coefficient (Wildman–Crippen LogP) is 2.54. The molecule has 2 aromatic rings. The van der Waals surface area contributed by atoms with Gasteiger partial charge in [-0.05, 0) is 24.1 Å². The fourth-order valence-corrected chi connectivity index (χ4v) is 1.99. The largest absolute Gasteiger partial charge is 0.368 e. The van der Waals surface area contributed by atoms with Crippen molar-refractivity contribution in [2.75, 3.05) is 5.73 Å². The molecular weight excluding hydrogens is 242 g/mol. The van der Waals surface area contributed by atoms with Gasteiger partial charge in [0.2, 0.25) is 5.95 Å². The van der Waals surface area contributed by atoms with Crippen LogP contribution in [0.5, 0.6) is 0 Å². The number of rotatable bonds is 1. The minimum atomic E-state index is 0.328. The molecule has 2 N–H and O–H groups in total. The van der Waals surface area contributed by atoms with Crippen LogP contribution in [0.25, 0.3) is 10.9 Å². The van der Waals surface area contributed by atoms with Crippen molar-refractivity contribution in [3.05, 3.63) is 28.4 Å². The highest BCUT2D eigenvalue weighted by Crippen LogP contribution is 2.23. The second-order valence-electron chi connectivity index (χ2n) is 3.08. The Morgan fingerprint density at radius 3 is 2.93 bits per heavy atom. The van der Waals surface area contributed by atoms with Crippen LogP contribution < -0.4 is 5.73 Å². The Bertz CT molecular complexity index is 482. The average molecular weight is 252 g/mol. The third-order valence-electron chi connectivity index (χ3n) is 2.13. The molecule has 72 valence electrons. The molecule has 0 atom stereocenters. The molecule has 4 heteroatoms. The van der Waals surface area contributed by atoms with Gasteiger partial charge in [0.15, 0.2) is 0 Å².